The van der Waals surface area contributed by atoms with Gasteiger partial charge in [-0.1, -0.05) is 0 Å². The second-order valence-corrected chi connectivity index (χ2v) is 5.00. The Hall–Kier alpha value is -1.14. The van der Waals surface area contributed by atoms with Crippen LogP contribution in [0, 0.1) is 0 Å². The summed E-state index contributed by atoms with van der Waals surface area (Å²) in [5.74, 6) is 0. The second kappa shape index (κ2) is 3.93. The lowest BCUT2D eigenvalue weighted by molar-refractivity contribution is 0.600. The molecule has 1 aromatic rings. The van der Waals surface area contributed by atoms with Gasteiger partial charge in [0.15, 0.2) is 0 Å². The lowest BCUT2D eigenvalue weighted by atomic mass is 10.3. The van der Waals surface area contributed by atoms with Gasteiger partial charge in [0.05, 0.1) is 18.1 Å². The molecule has 1 rings (SSSR count). The summed E-state index contributed by atoms with van der Waals surface area (Å²) in [7, 11) is -1.75. The Kier molecular flexibility index (Phi) is 3.07. The van der Waals surface area contributed by atoms with Gasteiger partial charge in [-0.15, -0.1) is 0 Å². The highest BCUT2D eigenvalue weighted by molar-refractivity contribution is 7.92. The summed E-state index contributed by atoms with van der Waals surface area (Å²) in [5, 5.41) is 0. The Labute approximate surface area is 83.6 Å². The Morgan fingerprint density at radius 2 is 2.14 bits per heavy atom. The maximum Gasteiger partial charge on any atom is 0.232 e. The maximum absolute atomic E-state index is 11.2. The van der Waals surface area contributed by atoms with Crippen molar-refractivity contribution in [2.24, 2.45) is 5.73 Å². The van der Waals surface area contributed by atoms with Gasteiger partial charge >= 0.3 is 0 Å². The number of anilines is 1. The molecule has 0 aromatic carbocycles. The summed E-state index contributed by atoms with van der Waals surface area (Å²) in [6, 6.07) is 1.70. The Morgan fingerprint density at radius 1 is 1.50 bits per heavy atom. The highest BCUT2D eigenvalue weighted by atomic mass is 32.2. The van der Waals surface area contributed by atoms with Gasteiger partial charge in [0.1, 0.15) is 0 Å². The molecule has 0 fully saturated rings. The van der Waals surface area contributed by atoms with E-state index in [2.05, 4.69) is 4.98 Å². The molecule has 0 radical (unpaired) electrons. The molecule has 5 nitrogen and oxygen atoms in total. The fraction of sp³-hybridized carbons (Fsp3) is 0.375. The molecule has 0 saturated heterocycles. The van der Waals surface area contributed by atoms with E-state index in [9.17, 15) is 8.42 Å². The van der Waals surface area contributed by atoms with E-state index in [1.165, 1.54) is 17.5 Å². The molecule has 1 heterocycles. The first-order valence-electron chi connectivity index (χ1n) is 4.03. The second-order valence-electron chi connectivity index (χ2n) is 2.99. The monoisotopic (exact) mass is 215 g/mol. The topological polar surface area (TPSA) is 76.3 Å². The van der Waals surface area contributed by atoms with Crippen LogP contribution in [0.1, 0.15) is 5.56 Å². The standard InChI is InChI=1S/C8H13N3O2S/c1-11(14(2,12)13)8-3-7(4-9)5-10-6-8/h3,5-6H,4,9H2,1-2H3. The molecule has 2 N–H and O–H groups in total. The fourth-order valence-electron chi connectivity index (χ4n) is 0.949. The van der Waals surface area contributed by atoms with Crippen LogP contribution in [0.15, 0.2) is 18.5 Å². The third-order valence-electron chi connectivity index (χ3n) is 1.88. The van der Waals surface area contributed by atoms with Crippen molar-refractivity contribution < 1.29 is 8.42 Å². The number of hydrogen-bond donors (Lipinski definition) is 1. The molecule has 0 aliphatic rings. The number of nitrogens with zero attached hydrogens (tertiary/aromatic N) is 2. The number of nitrogens with two attached hydrogens (primary N) is 1. The van der Waals surface area contributed by atoms with E-state index >= 15 is 0 Å². The van der Waals surface area contributed by atoms with Crippen LogP contribution in [0.25, 0.3) is 0 Å². The molecule has 0 unspecified atom stereocenters. The Morgan fingerprint density at radius 3 is 2.64 bits per heavy atom. The van der Waals surface area contributed by atoms with Crippen LogP contribution in [0.4, 0.5) is 5.69 Å². The van der Waals surface area contributed by atoms with E-state index in [0.29, 0.717) is 12.2 Å². The molecule has 0 atom stereocenters. The average molecular weight is 215 g/mol. The van der Waals surface area contributed by atoms with E-state index in [1.54, 1.807) is 12.3 Å². The van der Waals surface area contributed by atoms with Gasteiger partial charge in [-0.05, 0) is 11.6 Å². The van der Waals surface area contributed by atoms with Crippen molar-refractivity contribution in [2.45, 2.75) is 6.54 Å². The van der Waals surface area contributed by atoms with Gasteiger partial charge in [0, 0.05) is 19.8 Å². The van der Waals surface area contributed by atoms with Gasteiger partial charge in [0.25, 0.3) is 0 Å². The quantitative estimate of drug-likeness (QED) is 0.766. The molecular formula is C8H13N3O2S. The number of sulfonamides is 1. The summed E-state index contributed by atoms with van der Waals surface area (Å²) >= 11 is 0. The third-order valence-corrected chi connectivity index (χ3v) is 3.08. The summed E-state index contributed by atoms with van der Waals surface area (Å²) in [6.07, 6.45) is 4.24. The van der Waals surface area contributed by atoms with E-state index in [4.69, 9.17) is 5.73 Å². The van der Waals surface area contributed by atoms with E-state index in [1.807, 2.05) is 0 Å². The van der Waals surface area contributed by atoms with Crippen molar-refractivity contribution in [2.75, 3.05) is 17.6 Å². The normalized spacial score (nSPS) is 11.4. The predicted octanol–water partition coefficient (Wildman–Crippen LogP) is -0.0639. The molecule has 6 heteroatoms. The highest BCUT2D eigenvalue weighted by Crippen LogP contribution is 2.14. The molecule has 0 bridgehead atoms. The number of hydrogen-bond acceptors (Lipinski definition) is 4. The molecule has 78 valence electrons. The van der Waals surface area contributed by atoms with Crippen molar-refractivity contribution in [1.29, 1.82) is 0 Å². The van der Waals surface area contributed by atoms with Crippen LogP contribution in [0.3, 0.4) is 0 Å². The van der Waals surface area contributed by atoms with Crippen LogP contribution in [0.2, 0.25) is 0 Å². The predicted molar refractivity (Wildman–Crippen MR) is 55.4 cm³/mol. The zero-order valence-corrected chi connectivity index (χ0v) is 8.95. The number of rotatable bonds is 3. The molecule has 1 aromatic heterocycles. The molecular weight excluding hydrogens is 202 g/mol. The summed E-state index contributed by atoms with van der Waals surface area (Å²) in [5.41, 5.74) is 6.75. The maximum atomic E-state index is 11.2. The van der Waals surface area contributed by atoms with Crippen LogP contribution in [-0.4, -0.2) is 26.7 Å². The minimum Gasteiger partial charge on any atom is -0.326 e. The van der Waals surface area contributed by atoms with Gasteiger partial charge < -0.3 is 5.73 Å². The van der Waals surface area contributed by atoms with Crippen LogP contribution in [0.5, 0.6) is 0 Å². The zero-order valence-electron chi connectivity index (χ0n) is 8.14. The van der Waals surface area contributed by atoms with Crippen molar-refractivity contribution in [3.05, 3.63) is 24.0 Å². The molecule has 0 saturated carbocycles. The van der Waals surface area contributed by atoms with Crippen LogP contribution >= 0.6 is 0 Å². The van der Waals surface area contributed by atoms with Gasteiger partial charge in [-0.25, -0.2) is 8.42 Å². The average Bonchev–Trinajstić information content (AvgIpc) is 2.15. The first-order valence-corrected chi connectivity index (χ1v) is 5.88. The third kappa shape index (κ3) is 2.43. The van der Waals surface area contributed by atoms with Crippen LogP contribution < -0.4 is 10.0 Å². The lowest BCUT2D eigenvalue weighted by Gasteiger charge is -2.16. The van der Waals surface area contributed by atoms with Crippen molar-refractivity contribution in [3.63, 3.8) is 0 Å². The van der Waals surface area contributed by atoms with Gasteiger partial charge in [-0.2, -0.15) is 0 Å². The highest BCUT2D eigenvalue weighted by Gasteiger charge is 2.11. The molecule has 0 amide bonds. The zero-order chi connectivity index (χ0) is 10.8. The minimum absolute atomic E-state index is 0.346. The van der Waals surface area contributed by atoms with Crippen molar-refractivity contribution >= 4 is 15.7 Å². The molecule has 0 aliphatic heterocycles. The summed E-state index contributed by atoms with van der Waals surface area (Å²) in [6.45, 7) is 0.346. The Balaban J connectivity index is 3.08. The van der Waals surface area contributed by atoms with E-state index in [0.717, 1.165) is 11.8 Å². The van der Waals surface area contributed by atoms with E-state index < -0.39 is 10.0 Å². The summed E-state index contributed by atoms with van der Waals surface area (Å²) < 4.78 is 23.6. The van der Waals surface area contributed by atoms with Gasteiger partial charge in [-0.3, -0.25) is 9.29 Å². The fourth-order valence-corrected chi connectivity index (χ4v) is 1.43. The molecule has 14 heavy (non-hydrogen) atoms. The van der Waals surface area contributed by atoms with Crippen molar-refractivity contribution in [1.82, 2.24) is 4.98 Å². The van der Waals surface area contributed by atoms with Gasteiger partial charge in [0.2, 0.25) is 10.0 Å². The number of aromatic nitrogens is 1. The summed E-state index contributed by atoms with van der Waals surface area (Å²) in [4.78, 5) is 3.90. The first kappa shape index (κ1) is 10.9. The molecule has 0 spiro atoms. The minimum atomic E-state index is -3.23. The smallest absolute Gasteiger partial charge is 0.232 e. The van der Waals surface area contributed by atoms with Crippen molar-refractivity contribution in [3.8, 4) is 0 Å². The Bertz CT molecular complexity index is 416. The lowest BCUT2D eigenvalue weighted by Crippen LogP contribution is -2.25. The first-order chi connectivity index (χ1) is 6.45. The number of pyridine rings is 1. The molecule has 0 aliphatic carbocycles. The van der Waals surface area contributed by atoms with E-state index in [-0.39, 0.29) is 0 Å². The largest absolute Gasteiger partial charge is 0.326 e. The van der Waals surface area contributed by atoms with Crippen LogP contribution in [-0.2, 0) is 16.6 Å². The SMILES string of the molecule is CN(c1cncc(CN)c1)S(C)(=O)=O.